The van der Waals surface area contributed by atoms with Crippen molar-refractivity contribution in [2.24, 2.45) is 0 Å². The number of methoxy groups -OCH3 is 3. The number of ether oxygens (including phenoxy) is 6. The van der Waals surface area contributed by atoms with Crippen molar-refractivity contribution in [1.82, 2.24) is 0 Å². The summed E-state index contributed by atoms with van der Waals surface area (Å²) in [5.74, 6) is 5.16. The van der Waals surface area contributed by atoms with E-state index in [-0.39, 0.29) is 42.3 Å². The lowest BCUT2D eigenvalue weighted by atomic mass is 10.0. The molecule has 3 rings (SSSR count). The molecule has 9 nitrogen and oxygen atoms in total. The molecule has 0 saturated heterocycles. The van der Waals surface area contributed by atoms with Gasteiger partial charge in [-0.15, -0.1) is 0 Å². The Kier molecular flexibility index (Phi) is 12.4. The number of esters is 3. The lowest BCUT2D eigenvalue weighted by Crippen LogP contribution is -2.14. The van der Waals surface area contributed by atoms with Crippen molar-refractivity contribution in [2.45, 2.75) is 0 Å². The lowest BCUT2D eigenvalue weighted by Gasteiger charge is -2.13. The summed E-state index contributed by atoms with van der Waals surface area (Å²) in [4.78, 5) is 36.8. The monoisotopic (exact) mass is 596 g/mol. The Hall–Kier alpha value is -5.27. The fourth-order valence-electron chi connectivity index (χ4n) is 3.61. The summed E-state index contributed by atoms with van der Waals surface area (Å²) in [7, 11) is 4.38. The van der Waals surface area contributed by atoms with E-state index in [4.69, 9.17) is 28.4 Å². The maximum absolute atomic E-state index is 12.7. The zero-order valence-electron chi connectivity index (χ0n) is 24.8. The third kappa shape index (κ3) is 9.64. The van der Waals surface area contributed by atoms with Crippen LogP contribution in [0.15, 0.2) is 103 Å². The largest absolute Gasteiger partial charge is 0.423 e. The van der Waals surface area contributed by atoms with Crippen LogP contribution in [0.3, 0.4) is 0 Å². The van der Waals surface area contributed by atoms with Gasteiger partial charge >= 0.3 is 17.9 Å². The molecule has 3 aromatic carbocycles. The van der Waals surface area contributed by atoms with Crippen molar-refractivity contribution in [1.29, 1.82) is 0 Å². The van der Waals surface area contributed by atoms with Crippen LogP contribution in [0.2, 0.25) is 0 Å². The maximum atomic E-state index is 12.7. The van der Waals surface area contributed by atoms with Gasteiger partial charge in [0.05, 0.1) is 36.5 Å². The van der Waals surface area contributed by atoms with E-state index < -0.39 is 17.9 Å². The maximum Gasteiger partial charge on any atom is 0.341 e. The van der Waals surface area contributed by atoms with Gasteiger partial charge in [-0.25, -0.2) is 14.4 Å². The molecule has 0 radical (unpaired) electrons. The summed E-state index contributed by atoms with van der Waals surface area (Å²) >= 11 is 0. The zero-order chi connectivity index (χ0) is 32.1. The second-order valence-electron chi connectivity index (χ2n) is 9.29. The number of carbonyl (C=O) groups excluding carboxylic acids is 3. The van der Waals surface area contributed by atoms with Crippen molar-refractivity contribution in [3.8, 4) is 40.2 Å². The highest BCUT2D eigenvalue weighted by molar-refractivity contribution is 5.92. The highest BCUT2D eigenvalue weighted by atomic mass is 16.5. The Morgan fingerprint density at radius 2 is 0.977 bits per heavy atom. The minimum Gasteiger partial charge on any atom is -0.423 e. The topological polar surface area (TPSA) is 107 Å². The summed E-state index contributed by atoms with van der Waals surface area (Å²) in [5.41, 5.74) is 3.04. The SMILES string of the molecule is C=C(COC)C(=O)Oc1ccc(C#Cc2ccc(-c3ccc(OC(=O)C(=C)COC)cc3)c(OC(=O)C(=C)COC)c2)cc1. The van der Waals surface area contributed by atoms with E-state index in [9.17, 15) is 14.4 Å². The van der Waals surface area contributed by atoms with Crippen LogP contribution in [-0.2, 0) is 28.6 Å². The molecule has 0 aliphatic carbocycles. The number of hydrogen-bond donors (Lipinski definition) is 0. The normalized spacial score (nSPS) is 10.2. The average molecular weight is 597 g/mol. The minimum absolute atomic E-state index is 0.00783. The molecule has 0 amide bonds. The Morgan fingerprint density at radius 1 is 0.568 bits per heavy atom. The van der Waals surface area contributed by atoms with Gasteiger partial charge < -0.3 is 28.4 Å². The van der Waals surface area contributed by atoms with E-state index >= 15 is 0 Å². The van der Waals surface area contributed by atoms with Crippen LogP contribution in [0.4, 0.5) is 0 Å². The number of rotatable bonds is 13. The molecular formula is C35H32O9. The van der Waals surface area contributed by atoms with Gasteiger partial charge in [0.2, 0.25) is 0 Å². The first kappa shape index (κ1) is 33.2. The molecule has 0 N–H and O–H groups in total. The van der Waals surface area contributed by atoms with Crippen LogP contribution in [0.1, 0.15) is 11.1 Å². The molecule has 226 valence electrons. The quantitative estimate of drug-likeness (QED) is 0.116. The highest BCUT2D eigenvalue weighted by Gasteiger charge is 2.16. The molecule has 44 heavy (non-hydrogen) atoms. The molecule has 9 heteroatoms. The molecule has 0 saturated carbocycles. The predicted octanol–water partition coefficient (Wildman–Crippen LogP) is 5.08. The molecule has 0 aliphatic heterocycles. The summed E-state index contributed by atoms with van der Waals surface area (Å²) in [6.45, 7) is 11.1. The first-order chi connectivity index (χ1) is 21.1. The van der Waals surface area contributed by atoms with E-state index in [0.29, 0.717) is 33.8 Å². The van der Waals surface area contributed by atoms with Gasteiger partial charge in [0.25, 0.3) is 0 Å². The Bertz CT molecular complexity index is 1600. The van der Waals surface area contributed by atoms with Crippen LogP contribution in [0.5, 0.6) is 17.2 Å². The van der Waals surface area contributed by atoms with Crippen LogP contribution >= 0.6 is 0 Å². The summed E-state index contributed by atoms with van der Waals surface area (Å²) in [6.07, 6.45) is 0. The van der Waals surface area contributed by atoms with Crippen molar-refractivity contribution in [3.05, 3.63) is 114 Å². The Labute approximate surface area is 256 Å². The second kappa shape index (κ2) is 16.4. The molecule has 0 unspecified atom stereocenters. The summed E-state index contributed by atoms with van der Waals surface area (Å²) < 4.78 is 31.1. The summed E-state index contributed by atoms with van der Waals surface area (Å²) in [6, 6.07) is 18.5. The van der Waals surface area contributed by atoms with Crippen LogP contribution in [0, 0.1) is 11.8 Å². The van der Waals surface area contributed by atoms with Crippen molar-refractivity contribution in [2.75, 3.05) is 41.2 Å². The van der Waals surface area contributed by atoms with Crippen LogP contribution < -0.4 is 14.2 Å². The predicted molar refractivity (Wildman–Crippen MR) is 164 cm³/mol. The molecule has 0 bridgehead atoms. The van der Waals surface area contributed by atoms with Crippen LogP contribution in [-0.4, -0.2) is 59.1 Å². The van der Waals surface area contributed by atoms with Crippen molar-refractivity contribution in [3.63, 3.8) is 0 Å². The molecule has 0 atom stereocenters. The minimum atomic E-state index is -0.654. The molecular weight excluding hydrogens is 564 g/mol. The molecule has 0 spiro atoms. The molecule has 3 aromatic rings. The van der Waals surface area contributed by atoms with E-state index in [2.05, 4.69) is 31.6 Å². The smallest absolute Gasteiger partial charge is 0.341 e. The van der Waals surface area contributed by atoms with Crippen LogP contribution in [0.25, 0.3) is 11.1 Å². The summed E-state index contributed by atoms with van der Waals surface area (Å²) in [5, 5.41) is 0. The average Bonchev–Trinajstić information content (AvgIpc) is 3.01. The fraction of sp³-hybridized carbons (Fsp3) is 0.171. The van der Waals surface area contributed by atoms with Gasteiger partial charge in [-0.3, -0.25) is 0 Å². The zero-order valence-corrected chi connectivity index (χ0v) is 24.8. The van der Waals surface area contributed by atoms with E-state index in [1.54, 1.807) is 66.7 Å². The molecule has 0 aliphatic rings. The first-order valence-electron chi connectivity index (χ1n) is 13.2. The third-order valence-corrected chi connectivity index (χ3v) is 5.80. The third-order valence-electron chi connectivity index (χ3n) is 5.80. The van der Waals surface area contributed by atoms with Gasteiger partial charge in [-0.05, 0) is 60.2 Å². The number of hydrogen-bond acceptors (Lipinski definition) is 9. The number of carbonyl (C=O) groups is 3. The van der Waals surface area contributed by atoms with Crippen molar-refractivity contribution < 1.29 is 42.8 Å². The molecule has 0 heterocycles. The van der Waals surface area contributed by atoms with Gasteiger partial charge in [-0.2, -0.15) is 0 Å². The van der Waals surface area contributed by atoms with Crippen molar-refractivity contribution >= 4 is 17.9 Å². The lowest BCUT2D eigenvalue weighted by molar-refractivity contribution is -0.131. The first-order valence-corrected chi connectivity index (χ1v) is 13.2. The van der Waals surface area contributed by atoms with Gasteiger partial charge in [-0.1, -0.05) is 43.7 Å². The van der Waals surface area contributed by atoms with Gasteiger partial charge in [0.15, 0.2) is 0 Å². The number of benzene rings is 3. The second-order valence-corrected chi connectivity index (χ2v) is 9.29. The van der Waals surface area contributed by atoms with Gasteiger partial charge in [0, 0.05) is 38.0 Å². The Morgan fingerprint density at radius 3 is 1.45 bits per heavy atom. The molecule has 0 fully saturated rings. The van der Waals surface area contributed by atoms with Gasteiger partial charge in [0.1, 0.15) is 17.2 Å². The molecule has 0 aromatic heterocycles. The Balaban J connectivity index is 1.84. The van der Waals surface area contributed by atoms with E-state index in [0.717, 1.165) is 0 Å². The highest BCUT2D eigenvalue weighted by Crippen LogP contribution is 2.33. The fourth-order valence-corrected chi connectivity index (χ4v) is 3.61. The standard InChI is InChI=1S/C35H32O9/c1-23(20-39-4)33(36)42-29-14-9-26(10-15-29)7-8-27-11-18-31(32(19-27)44-35(38)25(3)22-41-6)28-12-16-30(17-13-28)43-34(37)24(2)21-40-5/h9-19H,1-3,20-22H2,4-6H3. The van der Waals surface area contributed by atoms with E-state index in [1.807, 2.05) is 0 Å². The van der Waals surface area contributed by atoms with E-state index in [1.165, 1.54) is 21.3 Å².